The molecule has 2 heterocycles. The first kappa shape index (κ1) is 16.5. The highest BCUT2D eigenvalue weighted by Crippen LogP contribution is 2.58. The van der Waals surface area contributed by atoms with Crippen LogP contribution in [0, 0.1) is 17.2 Å². The van der Waals surface area contributed by atoms with Crippen molar-refractivity contribution in [3.63, 3.8) is 0 Å². The van der Waals surface area contributed by atoms with Gasteiger partial charge in [-0.1, -0.05) is 0 Å². The number of halogens is 1. The van der Waals surface area contributed by atoms with Crippen LogP contribution in [-0.2, 0) is 4.79 Å². The number of anilines is 1. The summed E-state index contributed by atoms with van der Waals surface area (Å²) >= 11 is 1.36. The maximum absolute atomic E-state index is 13.8. The molecule has 2 aromatic rings. The summed E-state index contributed by atoms with van der Waals surface area (Å²) in [6.45, 7) is 1.99. The first-order chi connectivity index (χ1) is 12.1. The van der Waals surface area contributed by atoms with Crippen molar-refractivity contribution >= 4 is 22.4 Å². The highest BCUT2D eigenvalue weighted by atomic mass is 32.1. The Hall–Kier alpha value is -1.99. The first-order valence-electron chi connectivity index (χ1n) is 8.42. The summed E-state index contributed by atoms with van der Waals surface area (Å²) in [5.41, 5.74) is 1.51. The molecule has 1 aromatic carbocycles. The van der Waals surface area contributed by atoms with Crippen LogP contribution in [0.15, 0.2) is 23.6 Å². The minimum absolute atomic E-state index is 0.0590. The van der Waals surface area contributed by atoms with Gasteiger partial charge in [-0.3, -0.25) is 4.79 Å². The molecule has 0 radical (unpaired) electrons. The number of thiazole rings is 1. The van der Waals surface area contributed by atoms with Gasteiger partial charge in [0.15, 0.2) is 16.7 Å². The minimum atomic E-state index is -0.426. The molecule has 0 bridgehead atoms. The number of rotatable bonds is 4. The van der Waals surface area contributed by atoms with Crippen molar-refractivity contribution in [2.45, 2.75) is 19.3 Å². The number of carbonyl (C=O) groups excluding carboxylic acids is 1. The summed E-state index contributed by atoms with van der Waals surface area (Å²) < 4.78 is 18.8. The summed E-state index contributed by atoms with van der Waals surface area (Å²) in [6.07, 6.45) is 3.11. The third-order valence-electron chi connectivity index (χ3n) is 5.29. The van der Waals surface area contributed by atoms with Crippen LogP contribution in [0.1, 0.15) is 19.3 Å². The number of aromatic nitrogens is 1. The summed E-state index contributed by atoms with van der Waals surface area (Å²) in [4.78, 5) is 16.9. The maximum Gasteiger partial charge on any atom is 0.229 e. The lowest BCUT2D eigenvalue weighted by atomic mass is 9.92. The normalized spacial score (nSPS) is 21.1. The van der Waals surface area contributed by atoms with Gasteiger partial charge in [-0.25, -0.2) is 9.37 Å². The molecule has 5 nitrogen and oxygen atoms in total. The third-order valence-corrected chi connectivity index (χ3v) is 6.05. The lowest BCUT2D eigenvalue weighted by Crippen LogP contribution is -2.31. The van der Waals surface area contributed by atoms with E-state index in [0.29, 0.717) is 16.4 Å². The van der Waals surface area contributed by atoms with Crippen molar-refractivity contribution < 1.29 is 13.9 Å². The Morgan fingerprint density at radius 2 is 2.24 bits per heavy atom. The molecule has 7 heteroatoms. The predicted octanol–water partition coefficient (Wildman–Crippen LogP) is 3.29. The fourth-order valence-corrected chi connectivity index (χ4v) is 4.40. The summed E-state index contributed by atoms with van der Waals surface area (Å²) in [5, 5.41) is 8.66. The Labute approximate surface area is 149 Å². The zero-order valence-corrected chi connectivity index (χ0v) is 14.8. The third kappa shape index (κ3) is 3.14. The summed E-state index contributed by atoms with van der Waals surface area (Å²) in [6, 6.07) is 4.73. The van der Waals surface area contributed by atoms with Crippen molar-refractivity contribution in [1.29, 1.82) is 0 Å². The van der Waals surface area contributed by atoms with Gasteiger partial charge in [-0.2, -0.15) is 0 Å². The molecule has 1 atom stereocenters. The van der Waals surface area contributed by atoms with Crippen LogP contribution in [0.25, 0.3) is 11.3 Å². The quantitative estimate of drug-likeness (QED) is 0.877. The number of hydrogen-bond donors (Lipinski definition) is 2. The Bertz CT molecular complexity index is 801. The van der Waals surface area contributed by atoms with Gasteiger partial charge in [0.25, 0.3) is 0 Å². The fraction of sp³-hybridized carbons (Fsp3) is 0.444. The lowest BCUT2D eigenvalue weighted by Gasteiger charge is -2.22. The average molecular weight is 361 g/mol. The van der Waals surface area contributed by atoms with Crippen molar-refractivity contribution in [2.75, 3.05) is 25.5 Å². The van der Waals surface area contributed by atoms with E-state index in [-0.39, 0.29) is 23.0 Å². The molecule has 2 N–H and O–H groups in total. The molecule has 1 aliphatic carbocycles. The largest absolute Gasteiger partial charge is 0.494 e. The number of nitrogens with zero attached hydrogens (tertiary/aromatic N) is 1. The standard InChI is InChI=1S/C18H20FN3O2S/c1-24-15-3-2-11(8-13(15)19)14-10-25-17(21-14)22-16(23)12-9-18(12)4-6-20-7-5-18/h2-3,8,10,12,20H,4-7,9H2,1H3,(H,21,22,23). The molecule has 1 spiro atoms. The highest BCUT2D eigenvalue weighted by Gasteiger charge is 2.57. The van der Waals surface area contributed by atoms with Crippen LogP contribution in [0.5, 0.6) is 5.75 Å². The Morgan fingerprint density at radius 1 is 1.44 bits per heavy atom. The molecule has 2 aliphatic rings. The van der Waals surface area contributed by atoms with E-state index in [1.807, 2.05) is 5.38 Å². The van der Waals surface area contributed by atoms with Gasteiger partial charge in [0, 0.05) is 16.9 Å². The van der Waals surface area contributed by atoms with E-state index < -0.39 is 5.82 Å². The molecule has 1 amide bonds. The topological polar surface area (TPSA) is 63.2 Å². The summed E-state index contributed by atoms with van der Waals surface area (Å²) in [7, 11) is 1.43. The van der Waals surface area contributed by atoms with Crippen LogP contribution >= 0.6 is 11.3 Å². The van der Waals surface area contributed by atoms with Crippen LogP contribution < -0.4 is 15.4 Å². The summed E-state index contributed by atoms with van der Waals surface area (Å²) in [5.74, 6) is -0.0676. The van der Waals surface area contributed by atoms with E-state index in [1.165, 1.54) is 24.5 Å². The molecule has 1 saturated heterocycles. The molecule has 1 aromatic heterocycles. The van der Waals surface area contributed by atoms with E-state index in [2.05, 4.69) is 15.6 Å². The van der Waals surface area contributed by atoms with E-state index in [9.17, 15) is 9.18 Å². The molecular weight excluding hydrogens is 341 g/mol. The van der Waals surface area contributed by atoms with Crippen LogP contribution in [-0.4, -0.2) is 31.1 Å². The number of nitrogens with one attached hydrogen (secondary N) is 2. The van der Waals surface area contributed by atoms with Crippen molar-refractivity contribution in [3.05, 3.63) is 29.4 Å². The number of methoxy groups -OCH3 is 1. The van der Waals surface area contributed by atoms with E-state index in [0.717, 1.165) is 32.4 Å². The molecule has 2 fully saturated rings. The highest BCUT2D eigenvalue weighted by molar-refractivity contribution is 7.14. The van der Waals surface area contributed by atoms with Crippen LogP contribution in [0.3, 0.4) is 0 Å². The Morgan fingerprint density at radius 3 is 2.96 bits per heavy atom. The second kappa shape index (κ2) is 6.38. The molecular formula is C18H20FN3O2S. The number of piperidine rings is 1. The van der Waals surface area contributed by atoms with Crippen LogP contribution in [0.2, 0.25) is 0 Å². The zero-order valence-electron chi connectivity index (χ0n) is 14.0. The maximum atomic E-state index is 13.8. The SMILES string of the molecule is COc1ccc(-c2csc(NC(=O)C3CC34CCNCC4)n2)cc1F. The van der Waals surface area contributed by atoms with E-state index in [4.69, 9.17) is 4.74 Å². The van der Waals surface area contributed by atoms with Crippen molar-refractivity contribution in [3.8, 4) is 17.0 Å². The monoisotopic (exact) mass is 361 g/mol. The minimum Gasteiger partial charge on any atom is -0.494 e. The fourth-order valence-electron chi connectivity index (χ4n) is 3.68. The molecule has 25 heavy (non-hydrogen) atoms. The average Bonchev–Trinajstić information content (AvgIpc) is 3.10. The van der Waals surface area contributed by atoms with Crippen molar-refractivity contribution in [2.24, 2.45) is 11.3 Å². The smallest absolute Gasteiger partial charge is 0.229 e. The van der Waals surface area contributed by atoms with Gasteiger partial charge in [0.05, 0.1) is 12.8 Å². The van der Waals surface area contributed by atoms with Gasteiger partial charge < -0.3 is 15.4 Å². The Kier molecular flexibility index (Phi) is 4.21. The molecule has 1 aliphatic heterocycles. The van der Waals surface area contributed by atoms with Crippen LogP contribution in [0.4, 0.5) is 9.52 Å². The number of amides is 1. The van der Waals surface area contributed by atoms with E-state index >= 15 is 0 Å². The second-order valence-electron chi connectivity index (χ2n) is 6.75. The first-order valence-corrected chi connectivity index (χ1v) is 9.30. The zero-order chi connectivity index (χ0) is 17.4. The number of benzene rings is 1. The van der Waals surface area contributed by atoms with Gasteiger partial charge in [0.1, 0.15) is 0 Å². The van der Waals surface area contributed by atoms with Gasteiger partial charge in [0.2, 0.25) is 5.91 Å². The number of carbonyl (C=O) groups is 1. The number of hydrogen-bond acceptors (Lipinski definition) is 5. The Balaban J connectivity index is 1.43. The van der Waals surface area contributed by atoms with Gasteiger partial charge in [-0.15, -0.1) is 11.3 Å². The van der Waals surface area contributed by atoms with E-state index in [1.54, 1.807) is 12.1 Å². The van der Waals surface area contributed by atoms with Gasteiger partial charge >= 0.3 is 0 Å². The molecule has 132 valence electrons. The molecule has 1 unspecified atom stereocenters. The predicted molar refractivity (Wildman–Crippen MR) is 95.3 cm³/mol. The van der Waals surface area contributed by atoms with Gasteiger partial charge in [-0.05, 0) is 56.0 Å². The number of ether oxygens (including phenoxy) is 1. The second-order valence-corrected chi connectivity index (χ2v) is 7.60. The lowest BCUT2D eigenvalue weighted by molar-refractivity contribution is -0.118. The van der Waals surface area contributed by atoms with Crippen molar-refractivity contribution in [1.82, 2.24) is 10.3 Å². The molecule has 4 rings (SSSR count). The molecule has 1 saturated carbocycles.